The van der Waals surface area contributed by atoms with Gasteiger partial charge in [-0.15, -0.1) is 0 Å². The summed E-state index contributed by atoms with van der Waals surface area (Å²) in [6.45, 7) is 9.26. The molecule has 22 heavy (non-hydrogen) atoms. The lowest BCUT2D eigenvalue weighted by Gasteiger charge is -2.43. The monoisotopic (exact) mass is 310 g/mol. The highest BCUT2D eigenvalue weighted by molar-refractivity contribution is 5.81. The van der Waals surface area contributed by atoms with Gasteiger partial charge in [0, 0.05) is 36.5 Å². The highest BCUT2D eigenvalue weighted by Gasteiger charge is 2.36. The van der Waals surface area contributed by atoms with E-state index in [-0.39, 0.29) is 23.3 Å². The molecular formula is C18H34N2O2. The van der Waals surface area contributed by atoms with Gasteiger partial charge in [0.2, 0.25) is 5.91 Å². The van der Waals surface area contributed by atoms with Gasteiger partial charge in [-0.1, -0.05) is 40.0 Å². The summed E-state index contributed by atoms with van der Waals surface area (Å²) in [4.78, 5) is 14.6. The van der Waals surface area contributed by atoms with Gasteiger partial charge in [0.25, 0.3) is 0 Å². The molecule has 2 aliphatic rings. The first-order valence-corrected chi connectivity index (χ1v) is 9.01. The van der Waals surface area contributed by atoms with Gasteiger partial charge in [-0.3, -0.25) is 4.79 Å². The molecule has 4 nitrogen and oxygen atoms in total. The van der Waals surface area contributed by atoms with Crippen LogP contribution in [0.3, 0.4) is 0 Å². The molecule has 1 amide bonds. The van der Waals surface area contributed by atoms with E-state index >= 15 is 0 Å². The molecule has 1 saturated heterocycles. The predicted octanol–water partition coefficient (Wildman–Crippen LogP) is 2.55. The van der Waals surface area contributed by atoms with E-state index in [4.69, 9.17) is 0 Å². The van der Waals surface area contributed by atoms with Crippen molar-refractivity contribution in [2.45, 2.75) is 84.4 Å². The molecule has 2 N–H and O–H groups in total. The smallest absolute Gasteiger partial charge is 0.228 e. The second-order valence-electron chi connectivity index (χ2n) is 8.40. The van der Waals surface area contributed by atoms with E-state index in [0.717, 1.165) is 13.0 Å². The largest absolute Gasteiger partial charge is 0.393 e. The summed E-state index contributed by atoms with van der Waals surface area (Å²) in [5.74, 6) is 0.384. The van der Waals surface area contributed by atoms with Crippen molar-refractivity contribution >= 4 is 5.91 Å². The van der Waals surface area contributed by atoms with Crippen molar-refractivity contribution in [3.63, 3.8) is 0 Å². The molecule has 2 fully saturated rings. The minimum absolute atomic E-state index is 0.182. The van der Waals surface area contributed by atoms with Crippen LogP contribution in [-0.2, 0) is 4.79 Å². The van der Waals surface area contributed by atoms with E-state index in [1.807, 2.05) is 32.6 Å². The van der Waals surface area contributed by atoms with Crippen molar-refractivity contribution in [2.24, 2.45) is 11.3 Å². The zero-order valence-electron chi connectivity index (χ0n) is 14.8. The summed E-state index contributed by atoms with van der Waals surface area (Å²) in [7, 11) is 0. The lowest BCUT2D eigenvalue weighted by molar-refractivity contribution is -0.143. The summed E-state index contributed by atoms with van der Waals surface area (Å²) >= 11 is 0. The van der Waals surface area contributed by atoms with Gasteiger partial charge in [-0.25, -0.2) is 0 Å². The van der Waals surface area contributed by atoms with Gasteiger partial charge in [-0.05, 0) is 26.2 Å². The van der Waals surface area contributed by atoms with Gasteiger partial charge < -0.3 is 15.3 Å². The molecule has 1 saturated carbocycles. The summed E-state index contributed by atoms with van der Waals surface area (Å²) < 4.78 is 0. The third-order valence-corrected chi connectivity index (χ3v) is 5.17. The van der Waals surface area contributed by atoms with Gasteiger partial charge in [0.1, 0.15) is 0 Å². The van der Waals surface area contributed by atoms with Crippen LogP contribution in [0.25, 0.3) is 0 Å². The number of carbonyl (C=O) groups excluding carboxylic acids is 1. The maximum atomic E-state index is 12.6. The Morgan fingerprint density at radius 1 is 1.14 bits per heavy atom. The van der Waals surface area contributed by atoms with Crippen LogP contribution >= 0.6 is 0 Å². The molecule has 0 aromatic rings. The average Bonchev–Trinajstić information content (AvgIpc) is 2.46. The molecule has 4 heteroatoms. The van der Waals surface area contributed by atoms with E-state index in [0.29, 0.717) is 18.6 Å². The van der Waals surface area contributed by atoms with Crippen molar-refractivity contribution in [1.29, 1.82) is 0 Å². The second kappa shape index (κ2) is 7.31. The third kappa shape index (κ3) is 4.69. The third-order valence-electron chi connectivity index (χ3n) is 5.17. The fourth-order valence-corrected chi connectivity index (χ4v) is 3.85. The molecule has 0 radical (unpaired) electrons. The van der Waals surface area contributed by atoms with Crippen LogP contribution in [0.1, 0.15) is 66.2 Å². The van der Waals surface area contributed by atoms with Crippen LogP contribution in [0, 0.1) is 11.3 Å². The fraction of sp³-hybridized carbons (Fsp3) is 0.944. The van der Waals surface area contributed by atoms with E-state index < -0.39 is 0 Å². The van der Waals surface area contributed by atoms with Crippen molar-refractivity contribution in [3.05, 3.63) is 0 Å². The number of hydrogen-bond donors (Lipinski definition) is 2. The number of likely N-dealkylation sites (tertiary alicyclic amines) is 1. The number of piperidine rings is 1. The zero-order chi connectivity index (χ0) is 16.3. The number of hydrogen-bond acceptors (Lipinski definition) is 3. The van der Waals surface area contributed by atoms with Crippen molar-refractivity contribution in [1.82, 2.24) is 10.2 Å². The van der Waals surface area contributed by atoms with Crippen LogP contribution in [0.2, 0.25) is 0 Å². The Kier molecular flexibility index (Phi) is 5.89. The summed E-state index contributed by atoms with van der Waals surface area (Å²) in [6.07, 6.45) is 7.11. The molecule has 1 aliphatic carbocycles. The van der Waals surface area contributed by atoms with E-state index in [9.17, 15) is 9.90 Å². The highest BCUT2D eigenvalue weighted by atomic mass is 16.3. The first kappa shape index (κ1) is 17.7. The quantitative estimate of drug-likeness (QED) is 0.842. The summed E-state index contributed by atoms with van der Waals surface area (Å²) in [5.41, 5.74) is -0.351. The lowest BCUT2D eigenvalue weighted by atomic mass is 9.86. The number of aliphatic hydroxyl groups excluding tert-OH is 1. The minimum atomic E-state index is -0.355. The fourth-order valence-electron chi connectivity index (χ4n) is 3.85. The normalized spacial score (nSPS) is 29.4. The standard InChI is InChI=1S/C18H34N2O2/c1-13(21)14-10-16(19-15-8-6-5-7-9-15)12-20(11-14)17(22)18(2,3)4/h13-16,19,21H,5-12H2,1-4H3. The Balaban J connectivity index is 2.01. The lowest BCUT2D eigenvalue weighted by Crippen LogP contribution is -2.57. The molecule has 2 rings (SSSR count). The van der Waals surface area contributed by atoms with E-state index in [1.54, 1.807) is 0 Å². The number of rotatable bonds is 3. The van der Waals surface area contributed by atoms with Crippen molar-refractivity contribution < 1.29 is 9.90 Å². The summed E-state index contributed by atoms with van der Waals surface area (Å²) in [5, 5.41) is 13.8. The Morgan fingerprint density at radius 2 is 1.77 bits per heavy atom. The van der Waals surface area contributed by atoms with Gasteiger partial charge in [-0.2, -0.15) is 0 Å². The maximum Gasteiger partial charge on any atom is 0.228 e. The molecule has 1 aliphatic heterocycles. The molecule has 0 spiro atoms. The maximum absolute atomic E-state index is 12.6. The number of aliphatic hydroxyl groups is 1. The molecule has 0 aromatic heterocycles. The van der Waals surface area contributed by atoms with Crippen molar-refractivity contribution in [2.75, 3.05) is 13.1 Å². The first-order chi connectivity index (χ1) is 10.3. The molecule has 0 bridgehead atoms. The van der Waals surface area contributed by atoms with E-state index in [1.165, 1.54) is 32.1 Å². The van der Waals surface area contributed by atoms with Gasteiger partial charge in [0.15, 0.2) is 0 Å². The molecule has 0 aromatic carbocycles. The SMILES string of the molecule is CC(O)C1CC(NC2CCCCC2)CN(C(=O)C(C)(C)C)C1. The van der Waals surface area contributed by atoms with Crippen LogP contribution in [0.4, 0.5) is 0 Å². The van der Waals surface area contributed by atoms with Crippen LogP contribution < -0.4 is 5.32 Å². The Morgan fingerprint density at radius 3 is 2.32 bits per heavy atom. The highest BCUT2D eigenvalue weighted by Crippen LogP contribution is 2.27. The van der Waals surface area contributed by atoms with Crippen LogP contribution in [-0.4, -0.2) is 47.2 Å². The van der Waals surface area contributed by atoms with Gasteiger partial charge >= 0.3 is 0 Å². The Hall–Kier alpha value is -0.610. The average molecular weight is 310 g/mol. The molecular weight excluding hydrogens is 276 g/mol. The van der Waals surface area contributed by atoms with Crippen molar-refractivity contribution in [3.8, 4) is 0 Å². The number of nitrogens with one attached hydrogen (secondary N) is 1. The van der Waals surface area contributed by atoms with Gasteiger partial charge in [0.05, 0.1) is 6.10 Å². The molecule has 128 valence electrons. The Bertz CT molecular complexity index is 370. The number of carbonyl (C=O) groups is 1. The van der Waals surface area contributed by atoms with E-state index in [2.05, 4.69) is 5.32 Å². The first-order valence-electron chi connectivity index (χ1n) is 9.01. The predicted molar refractivity (Wildman–Crippen MR) is 89.6 cm³/mol. The summed E-state index contributed by atoms with van der Waals surface area (Å²) in [6, 6.07) is 0.917. The number of amides is 1. The Labute approximate surface area is 135 Å². The molecule has 3 atom stereocenters. The van der Waals surface area contributed by atoms with Crippen LogP contribution in [0.5, 0.6) is 0 Å². The number of nitrogens with zero attached hydrogens (tertiary/aromatic N) is 1. The zero-order valence-corrected chi connectivity index (χ0v) is 14.8. The van der Waals surface area contributed by atoms with Crippen LogP contribution in [0.15, 0.2) is 0 Å². The second-order valence-corrected chi connectivity index (χ2v) is 8.40. The molecule has 3 unspecified atom stereocenters. The topological polar surface area (TPSA) is 52.6 Å². The minimum Gasteiger partial charge on any atom is -0.393 e. The molecule has 1 heterocycles.